The van der Waals surface area contributed by atoms with E-state index in [2.05, 4.69) is 9.72 Å². The number of halogens is 3. The van der Waals surface area contributed by atoms with Gasteiger partial charge >= 0.3 is 12.1 Å². The average molecular weight is 249 g/mol. The summed E-state index contributed by atoms with van der Waals surface area (Å²) in [6.45, 7) is 1.38. The number of pyridine rings is 1. The lowest BCUT2D eigenvalue weighted by Gasteiger charge is -2.12. The number of carbonyl (C=O) groups is 1. The second-order valence-electron chi connectivity index (χ2n) is 3.45. The van der Waals surface area contributed by atoms with Crippen molar-refractivity contribution < 1.29 is 27.8 Å². The highest BCUT2D eigenvalue weighted by Gasteiger charge is 2.29. The Labute approximate surface area is 95.0 Å². The highest BCUT2D eigenvalue weighted by atomic mass is 19.4. The number of carboxylic acids is 1. The maximum Gasteiger partial charge on any atom is 0.422 e. The minimum absolute atomic E-state index is 0.0538. The SMILES string of the molecule is Cc1cc(C(=O)O)c(C)nc1OCC(F)(F)F. The van der Waals surface area contributed by atoms with Crippen LogP contribution in [0.3, 0.4) is 0 Å². The highest BCUT2D eigenvalue weighted by molar-refractivity contribution is 5.89. The molecule has 1 rings (SSSR count). The van der Waals surface area contributed by atoms with Crippen molar-refractivity contribution in [2.24, 2.45) is 0 Å². The van der Waals surface area contributed by atoms with Gasteiger partial charge in [-0.1, -0.05) is 0 Å². The van der Waals surface area contributed by atoms with E-state index < -0.39 is 18.8 Å². The summed E-state index contributed by atoms with van der Waals surface area (Å²) < 4.78 is 40.3. The standard InChI is InChI=1S/C10H10F3NO3/c1-5-3-7(9(15)16)6(2)14-8(5)17-4-10(11,12)13/h3H,4H2,1-2H3,(H,15,16). The molecule has 0 aliphatic heterocycles. The highest BCUT2D eigenvalue weighted by Crippen LogP contribution is 2.22. The zero-order valence-electron chi connectivity index (χ0n) is 9.13. The first-order chi connectivity index (χ1) is 7.70. The Morgan fingerprint density at radius 2 is 2.06 bits per heavy atom. The van der Waals surface area contributed by atoms with Gasteiger partial charge in [-0.2, -0.15) is 13.2 Å². The van der Waals surface area contributed by atoms with Gasteiger partial charge in [-0.05, 0) is 19.9 Å². The van der Waals surface area contributed by atoms with Crippen LogP contribution >= 0.6 is 0 Å². The van der Waals surface area contributed by atoms with Crippen molar-refractivity contribution in [1.82, 2.24) is 4.98 Å². The van der Waals surface area contributed by atoms with Crippen LogP contribution in [0.4, 0.5) is 13.2 Å². The van der Waals surface area contributed by atoms with Crippen LogP contribution in [0.25, 0.3) is 0 Å². The molecule has 0 aliphatic carbocycles. The van der Waals surface area contributed by atoms with Crippen LogP contribution in [-0.4, -0.2) is 28.8 Å². The number of carboxylic acid groups (broad SMARTS) is 1. The van der Waals surface area contributed by atoms with E-state index in [1.165, 1.54) is 19.9 Å². The Hall–Kier alpha value is -1.79. The molecule has 17 heavy (non-hydrogen) atoms. The average Bonchev–Trinajstić information content (AvgIpc) is 2.17. The zero-order chi connectivity index (χ0) is 13.2. The summed E-state index contributed by atoms with van der Waals surface area (Å²) in [5.41, 5.74) is 0.305. The normalized spacial score (nSPS) is 11.4. The number of alkyl halides is 3. The number of aromatic nitrogens is 1. The fourth-order valence-electron chi connectivity index (χ4n) is 1.20. The van der Waals surface area contributed by atoms with Gasteiger partial charge in [-0.15, -0.1) is 0 Å². The van der Waals surface area contributed by atoms with E-state index in [-0.39, 0.29) is 22.7 Å². The Morgan fingerprint density at radius 3 is 2.53 bits per heavy atom. The van der Waals surface area contributed by atoms with Gasteiger partial charge in [0, 0.05) is 5.56 Å². The van der Waals surface area contributed by atoms with Crippen LogP contribution in [0.2, 0.25) is 0 Å². The fourth-order valence-corrected chi connectivity index (χ4v) is 1.20. The molecular weight excluding hydrogens is 239 g/mol. The molecule has 0 fully saturated rings. The Bertz CT molecular complexity index is 443. The fraction of sp³-hybridized carbons (Fsp3) is 0.400. The summed E-state index contributed by atoms with van der Waals surface area (Å²) >= 11 is 0. The Kier molecular flexibility index (Phi) is 3.59. The van der Waals surface area contributed by atoms with Gasteiger partial charge in [-0.25, -0.2) is 9.78 Å². The first-order valence-electron chi connectivity index (χ1n) is 4.62. The summed E-state index contributed by atoms with van der Waals surface area (Å²) in [5.74, 6) is -1.38. The molecule has 1 heterocycles. The molecule has 0 spiro atoms. The van der Waals surface area contributed by atoms with E-state index in [1.807, 2.05) is 0 Å². The minimum atomic E-state index is -4.45. The number of hydrogen-bond acceptors (Lipinski definition) is 3. The molecule has 94 valence electrons. The second kappa shape index (κ2) is 4.60. The number of hydrogen-bond donors (Lipinski definition) is 1. The Balaban J connectivity index is 2.96. The quantitative estimate of drug-likeness (QED) is 0.893. The lowest BCUT2D eigenvalue weighted by molar-refractivity contribution is -0.154. The van der Waals surface area contributed by atoms with Crippen LogP contribution in [0.15, 0.2) is 6.07 Å². The third kappa shape index (κ3) is 3.61. The van der Waals surface area contributed by atoms with Crippen LogP contribution in [0.5, 0.6) is 5.88 Å². The second-order valence-corrected chi connectivity index (χ2v) is 3.45. The monoisotopic (exact) mass is 249 g/mol. The molecule has 0 radical (unpaired) electrons. The first kappa shape index (κ1) is 13.3. The minimum Gasteiger partial charge on any atom is -0.478 e. The van der Waals surface area contributed by atoms with Crippen LogP contribution in [0, 0.1) is 13.8 Å². The third-order valence-corrected chi connectivity index (χ3v) is 1.96. The molecule has 0 bridgehead atoms. The largest absolute Gasteiger partial charge is 0.478 e. The topological polar surface area (TPSA) is 59.4 Å². The van der Waals surface area contributed by atoms with E-state index >= 15 is 0 Å². The van der Waals surface area contributed by atoms with Crippen molar-refractivity contribution in [3.05, 3.63) is 22.9 Å². The predicted molar refractivity (Wildman–Crippen MR) is 52.2 cm³/mol. The van der Waals surface area contributed by atoms with Crippen LogP contribution in [0.1, 0.15) is 21.6 Å². The molecule has 1 N–H and O–H groups in total. The molecule has 0 aliphatic rings. The summed E-state index contributed by atoms with van der Waals surface area (Å²) in [6, 6.07) is 1.23. The van der Waals surface area contributed by atoms with E-state index in [0.29, 0.717) is 0 Å². The number of ether oxygens (including phenoxy) is 1. The van der Waals surface area contributed by atoms with Gasteiger partial charge < -0.3 is 9.84 Å². The summed E-state index contributed by atoms with van der Waals surface area (Å²) in [6.07, 6.45) is -4.45. The molecule has 4 nitrogen and oxygen atoms in total. The van der Waals surface area contributed by atoms with E-state index in [9.17, 15) is 18.0 Å². The lowest BCUT2D eigenvalue weighted by Crippen LogP contribution is -2.20. The molecule has 7 heteroatoms. The van der Waals surface area contributed by atoms with Crippen LogP contribution < -0.4 is 4.74 Å². The molecule has 0 saturated carbocycles. The van der Waals surface area contributed by atoms with Gasteiger partial charge in [0.1, 0.15) is 0 Å². The van der Waals surface area contributed by atoms with Gasteiger partial charge in [0.2, 0.25) is 5.88 Å². The molecule has 1 aromatic heterocycles. The smallest absolute Gasteiger partial charge is 0.422 e. The van der Waals surface area contributed by atoms with Crippen LogP contribution in [-0.2, 0) is 0 Å². The molecule has 1 aromatic rings. The third-order valence-electron chi connectivity index (χ3n) is 1.96. The van der Waals surface area contributed by atoms with Crippen molar-refractivity contribution in [3.63, 3.8) is 0 Å². The number of aromatic carboxylic acids is 1. The van der Waals surface area contributed by atoms with E-state index in [4.69, 9.17) is 5.11 Å². The summed E-state index contributed by atoms with van der Waals surface area (Å²) in [5, 5.41) is 8.78. The van der Waals surface area contributed by atoms with Gasteiger partial charge in [0.25, 0.3) is 0 Å². The van der Waals surface area contributed by atoms with Crippen molar-refractivity contribution in [3.8, 4) is 5.88 Å². The number of nitrogens with zero attached hydrogens (tertiary/aromatic N) is 1. The maximum atomic E-state index is 11.9. The first-order valence-corrected chi connectivity index (χ1v) is 4.62. The van der Waals surface area contributed by atoms with Crippen molar-refractivity contribution in [2.45, 2.75) is 20.0 Å². The summed E-state index contributed by atoms with van der Waals surface area (Å²) in [4.78, 5) is 14.4. The molecule has 0 atom stereocenters. The van der Waals surface area contributed by atoms with E-state index in [0.717, 1.165) is 0 Å². The molecule has 0 amide bonds. The number of rotatable bonds is 3. The molecule has 0 saturated heterocycles. The van der Waals surface area contributed by atoms with Gasteiger partial charge in [0.05, 0.1) is 11.3 Å². The lowest BCUT2D eigenvalue weighted by atomic mass is 10.1. The Morgan fingerprint density at radius 1 is 1.47 bits per heavy atom. The summed E-state index contributed by atoms with van der Waals surface area (Å²) in [7, 11) is 0. The van der Waals surface area contributed by atoms with E-state index in [1.54, 1.807) is 0 Å². The number of aryl methyl sites for hydroxylation is 2. The maximum absolute atomic E-state index is 11.9. The molecule has 0 aromatic carbocycles. The molecular formula is C10H10F3NO3. The molecule has 0 unspecified atom stereocenters. The van der Waals surface area contributed by atoms with Gasteiger partial charge in [-0.3, -0.25) is 0 Å². The zero-order valence-corrected chi connectivity index (χ0v) is 9.13. The van der Waals surface area contributed by atoms with Crippen molar-refractivity contribution in [2.75, 3.05) is 6.61 Å². The predicted octanol–water partition coefficient (Wildman–Crippen LogP) is 2.34. The van der Waals surface area contributed by atoms with Gasteiger partial charge in [0.15, 0.2) is 6.61 Å². The van der Waals surface area contributed by atoms with Crippen molar-refractivity contribution in [1.29, 1.82) is 0 Å². The van der Waals surface area contributed by atoms with Crippen molar-refractivity contribution >= 4 is 5.97 Å².